The molecule has 6 nitrogen and oxygen atoms in total. The monoisotopic (exact) mass is 307 g/mol. The predicted molar refractivity (Wildman–Crippen MR) is 69.6 cm³/mol. The summed E-state index contributed by atoms with van der Waals surface area (Å²) in [5.41, 5.74) is 2.37. The van der Waals surface area contributed by atoms with Crippen LogP contribution in [0.15, 0.2) is 10.7 Å². The second-order valence-electron chi connectivity index (χ2n) is 3.32. The standard InChI is InChI=1S/C8H14BrN5OS/c1-5(4-16(2)15)12-7-6(9)3-11-8(13-7)14-10/h3,5H,4,10H2,1-2H3,(H2,11,12,13,14). The van der Waals surface area contributed by atoms with Crippen molar-refractivity contribution < 1.29 is 4.21 Å². The zero-order valence-electron chi connectivity index (χ0n) is 9.03. The molecule has 0 aromatic carbocycles. The van der Waals surface area contributed by atoms with Crippen LogP contribution in [0.2, 0.25) is 0 Å². The fraction of sp³-hybridized carbons (Fsp3) is 0.500. The number of nitrogen functional groups attached to an aromatic ring is 1. The first kappa shape index (κ1) is 13.3. The lowest BCUT2D eigenvalue weighted by Gasteiger charge is -2.14. The van der Waals surface area contributed by atoms with E-state index in [0.29, 0.717) is 17.5 Å². The number of halogens is 1. The Morgan fingerprint density at radius 2 is 2.38 bits per heavy atom. The largest absolute Gasteiger partial charge is 0.366 e. The number of aromatic nitrogens is 2. The molecular weight excluding hydrogens is 294 g/mol. The van der Waals surface area contributed by atoms with Gasteiger partial charge in [-0.3, -0.25) is 9.63 Å². The molecule has 0 aliphatic rings. The highest BCUT2D eigenvalue weighted by Gasteiger charge is 2.09. The highest BCUT2D eigenvalue weighted by molar-refractivity contribution is 9.10. The van der Waals surface area contributed by atoms with Crippen LogP contribution in [0.25, 0.3) is 0 Å². The van der Waals surface area contributed by atoms with E-state index < -0.39 is 10.8 Å². The molecule has 2 unspecified atom stereocenters. The van der Waals surface area contributed by atoms with Crippen LogP contribution in [0.4, 0.5) is 11.8 Å². The minimum atomic E-state index is -0.845. The number of nitrogens with zero attached hydrogens (tertiary/aromatic N) is 2. The minimum absolute atomic E-state index is 0.0580. The second-order valence-corrected chi connectivity index (χ2v) is 5.65. The maximum absolute atomic E-state index is 11.0. The summed E-state index contributed by atoms with van der Waals surface area (Å²) in [6.45, 7) is 1.94. The molecule has 8 heteroatoms. The van der Waals surface area contributed by atoms with E-state index in [-0.39, 0.29) is 6.04 Å². The maximum Gasteiger partial charge on any atom is 0.239 e. The van der Waals surface area contributed by atoms with Crippen molar-refractivity contribution in [2.24, 2.45) is 5.84 Å². The average Bonchev–Trinajstić information content (AvgIpc) is 2.20. The number of nitrogens with one attached hydrogen (secondary N) is 2. The first-order valence-electron chi connectivity index (χ1n) is 4.58. The summed E-state index contributed by atoms with van der Waals surface area (Å²) in [4.78, 5) is 8.07. The third kappa shape index (κ3) is 4.03. The summed E-state index contributed by atoms with van der Waals surface area (Å²) >= 11 is 3.32. The predicted octanol–water partition coefficient (Wildman–Crippen LogP) is 0.704. The Morgan fingerprint density at radius 3 is 2.94 bits per heavy atom. The molecule has 0 spiro atoms. The summed E-state index contributed by atoms with van der Waals surface area (Å²) in [7, 11) is -0.845. The maximum atomic E-state index is 11.0. The van der Waals surface area contributed by atoms with Gasteiger partial charge >= 0.3 is 0 Å². The van der Waals surface area contributed by atoms with Crippen molar-refractivity contribution in [1.82, 2.24) is 9.97 Å². The van der Waals surface area contributed by atoms with Gasteiger partial charge in [0.2, 0.25) is 5.95 Å². The van der Waals surface area contributed by atoms with Crippen molar-refractivity contribution >= 4 is 38.5 Å². The molecule has 16 heavy (non-hydrogen) atoms. The number of rotatable bonds is 5. The van der Waals surface area contributed by atoms with E-state index in [4.69, 9.17) is 5.84 Å². The Bertz CT molecular complexity index is 389. The molecule has 2 atom stereocenters. The smallest absolute Gasteiger partial charge is 0.239 e. The molecule has 0 bridgehead atoms. The van der Waals surface area contributed by atoms with Crippen molar-refractivity contribution in [3.8, 4) is 0 Å². The van der Waals surface area contributed by atoms with Crippen molar-refractivity contribution in [1.29, 1.82) is 0 Å². The Kier molecular flexibility index (Phi) is 5.10. The zero-order valence-corrected chi connectivity index (χ0v) is 11.4. The summed E-state index contributed by atoms with van der Waals surface area (Å²) in [5.74, 6) is 6.73. The van der Waals surface area contributed by atoms with Crippen LogP contribution in [0.5, 0.6) is 0 Å². The van der Waals surface area contributed by atoms with Gasteiger partial charge in [0.15, 0.2) is 0 Å². The first-order valence-corrected chi connectivity index (χ1v) is 7.10. The van der Waals surface area contributed by atoms with E-state index in [2.05, 4.69) is 36.6 Å². The normalized spacial score (nSPS) is 14.2. The van der Waals surface area contributed by atoms with Crippen LogP contribution in [-0.4, -0.2) is 32.2 Å². The Morgan fingerprint density at radius 1 is 1.69 bits per heavy atom. The van der Waals surface area contributed by atoms with Crippen molar-refractivity contribution in [2.45, 2.75) is 13.0 Å². The lowest BCUT2D eigenvalue weighted by molar-refractivity contribution is 0.683. The van der Waals surface area contributed by atoms with Gasteiger partial charge in [-0.25, -0.2) is 10.8 Å². The number of hydrogen-bond acceptors (Lipinski definition) is 6. The van der Waals surface area contributed by atoms with Gasteiger partial charge in [-0.1, -0.05) is 0 Å². The van der Waals surface area contributed by atoms with Gasteiger partial charge in [0.05, 0.1) is 4.47 Å². The van der Waals surface area contributed by atoms with Crippen molar-refractivity contribution in [3.63, 3.8) is 0 Å². The number of nitrogens with two attached hydrogens (primary N) is 1. The van der Waals surface area contributed by atoms with Gasteiger partial charge in [-0.15, -0.1) is 0 Å². The topological polar surface area (TPSA) is 92.9 Å². The summed E-state index contributed by atoms with van der Waals surface area (Å²) in [6, 6.07) is 0.0580. The van der Waals surface area contributed by atoms with E-state index in [9.17, 15) is 4.21 Å². The second kappa shape index (κ2) is 6.12. The van der Waals surface area contributed by atoms with Crippen LogP contribution in [0.3, 0.4) is 0 Å². The van der Waals surface area contributed by atoms with Gasteiger partial charge in [0.1, 0.15) is 5.82 Å². The van der Waals surface area contributed by atoms with Gasteiger partial charge in [-0.2, -0.15) is 4.98 Å². The lowest BCUT2D eigenvalue weighted by Crippen LogP contribution is -2.23. The van der Waals surface area contributed by atoms with Crippen LogP contribution in [0, 0.1) is 0 Å². The number of anilines is 2. The van der Waals surface area contributed by atoms with Gasteiger partial charge < -0.3 is 5.32 Å². The Labute approximate surface area is 105 Å². The molecule has 90 valence electrons. The third-order valence-corrected chi connectivity index (χ3v) is 3.29. The van der Waals surface area contributed by atoms with Crippen LogP contribution >= 0.6 is 15.9 Å². The quantitative estimate of drug-likeness (QED) is 0.548. The molecular formula is C8H14BrN5OS. The Balaban J connectivity index is 2.75. The van der Waals surface area contributed by atoms with E-state index in [1.807, 2.05) is 6.92 Å². The van der Waals surface area contributed by atoms with Gasteiger partial charge in [0, 0.05) is 35.0 Å². The number of hydrazine groups is 1. The molecule has 0 saturated heterocycles. The lowest BCUT2D eigenvalue weighted by atomic mass is 10.4. The van der Waals surface area contributed by atoms with E-state index in [1.165, 1.54) is 0 Å². The van der Waals surface area contributed by atoms with E-state index >= 15 is 0 Å². The van der Waals surface area contributed by atoms with E-state index in [1.54, 1.807) is 12.5 Å². The molecule has 0 aliphatic heterocycles. The van der Waals surface area contributed by atoms with Gasteiger partial charge in [0.25, 0.3) is 0 Å². The molecule has 1 heterocycles. The fourth-order valence-electron chi connectivity index (χ4n) is 1.17. The highest BCUT2D eigenvalue weighted by atomic mass is 79.9. The molecule has 0 aliphatic carbocycles. The molecule has 1 rings (SSSR count). The molecule has 0 fully saturated rings. The highest BCUT2D eigenvalue weighted by Crippen LogP contribution is 2.20. The third-order valence-electron chi connectivity index (χ3n) is 1.74. The van der Waals surface area contributed by atoms with Crippen molar-refractivity contribution in [3.05, 3.63) is 10.7 Å². The summed E-state index contributed by atoms with van der Waals surface area (Å²) < 4.78 is 11.8. The molecule has 0 radical (unpaired) electrons. The van der Waals surface area contributed by atoms with Crippen LogP contribution < -0.4 is 16.6 Å². The fourth-order valence-corrected chi connectivity index (χ4v) is 2.26. The molecule has 0 saturated carbocycles. The summed E-state index contributed by atoms with van der Waals surface area (Å²) in [5, 5.41) is 3.13. The van der Waals surface area contributed by atoms with Gasteiger partial charge in [-0.05, 0) is 22.9 Å². The van der Waals surface area contributed by atoms with E-state index in [0.717, 1.165) is 4.47 Å². The average molecular weight is 308 g/mol. The molecule has 1 aromatic rings. The Hall–Kier alpha value is -0.730. The zero-order chi connectivity index (χ0) is 12.1. The number of hydrogen-bond donors (Lipinski definition) is 3. The molecule has 4 N–H and O–H groups in total. The SMILES string of the molecule is CC(CS(C)=O)Nc1nc(NN)ncc1Br. The molecule has 1 aromatic heterocycles. The molecule has 0 amide bonds. The minimum Gasteiger partial charge on any atom is -0.366 e. The summed E-state index contributed by atoms with van der Waals surface area (Å²) in [6.07, 6.45) is 3.26. The van der Waals surface area contributed by atoms with Crippen molar-refractivity contribution in [2.75, 3.05) is 22.8 Å². The van der Waals surface area contributed by atoms with Crippen LogP contribution in [0.1, 0.15) is 6.92 Å². The first-order chi connectivity index (χ1) is 7.52. The van der Waals surface area contributed by atoms with Crippen LogP contribution in [-0.2, 0) is 10.8 Å².